The number of carbonyl (C=O) groups is 1. The molecule has 2 aliphatic rings. The molecule has 0 aliphatic heterocycles. The van der Waals surface area contributed by atoms with E-state index in [1.807, 2.05) is 18.2 Å². The maximum atomic E-state index is 12.0. The van der Waals surface area contributed by atoms with Crippen LogP contribution in [0.25, 0.3) is 11.1 Å². The molecule has 128 valence electrons. The third-order valence-electron chi connectivity index (χ3n) is 5.51. The zero-order valence-corrected chi connectivity index (χ0v) is 14.3. The lowest BCUT2D eigenvalue weighted by Gasteiger charge is -2.57. The predicted octanol–water partition coefficient (Wildman–Crippen LogP) is 4.53. The van der Waals surface area contributed by atoms with Gasteiger partial charge in [0.15, 0.2) is 17.2 Å². The lowest BCUT2D eigenvalue weighted by Crippen LogP contribution is -2.55. The van der Waals surface area contributed by atoms with Crippen molar-refractivity contribution >= 4 is 28.6 Å². The molecule has 2 saturated carbocycles. The molecule has 2 fully saturated rings. The van der Waals surface area contributed by atoms with Gasteiger partial charge in [-0.2, -0.15) is 0 Å². The van der Waals surface area contributed by atoms with E-state index in [1.54, 1.807) is 12.1 Å². The Morgan fingerprint density at radius 2 is 2.08 bits per heavy atom. The Hall–Kier alpha value is -2.27. The zero-order valence-electron chi connectivity index (χ0n) is 13.5. The van der Waals surface area contributed by atoms with E-state index in [2.05, 4.69) is 10.3 Å². The summed E-state index contributed by atoms with van der Waals surface area (Å²) in [5, 5.41) is 3.71. The van der Waals surface area contributed by atoms with Gasteiger partial charge in [-0.3, -0.25) is 4.79 Å². The summed E-state index contributed by atoms with van der Waals surface area (Å²) in [5.41, 5.74) is 1.95. The average Bonchev–Trinajstić information content (AvgIpc) is 3.16. The highest BCUT2D eigenvalue weighted by molar-refractivity contribution is 6.31. The number of furan rings is 1. The van der Waals surface area contributed by atoms with Crippen molar-refractivity contribution in [3.05, 3.63) is 53.3 Å². The number of rotatable bonds is 3. The molecule has 6 heteroatoms. The highest BCUT2D eigenvalue weighted by Crippen LogP contribution is 2.61. The van der Waals surface area contributed by atoms with Gasteiger partial charge in [-0.15, -0.1) is 0 Å². The second-order valence-corrected chi connectivity index (χ2v) is 7.76. The lowest BCUT2D eigenvalue weighted by molar-refractivity contribution is -0.0256. The Morgan fingerprint density at radius 3 is 2.84 bits per heavy atom. The van der Waals surface area contributed by atoms with Crippen molar-refractivity contribution in [3.63, 3.8) is 0 Å². The van der Waals surface area contributed by atoms with Crippen molar-refractivity contribution in [2.24, 2.45) is 5.41 Å². The molecule has 2 heterocycles. The first-order chi connectivity index (χ1) is 12.1. The van der Waals surface area contributed by atoms with Gasteiger partial charge in [0.1, 0.15) is 5.52 Å². The van der Waals surface area contributed by atoms with E-state index in [-0.39, 0.29) is 11.9 Å². The molecule has 1 N–H and O–H groups in total. The molecule has 5 rings (SSSR count). The Morgan fingerprint density at radius 1 is 1.24 bits per heavy atom. The number of hydrogen-bond acceptors (Lipinski definition) is 4. The van der Waals surface area contributed by atoms with Gasteiger partial charge >= 0.3 is 0 Å². The summed E-state index contributed by atoms with van der Waals surface area (Å²) < 4.78 is 11.0. The van der Waals surface area contributed by atoms with Crippen molar-refractivity contribution in [1.29, 1.82) is 0 Å². The second-order valence-electron chi connectivity index (χ2n) is 7.33. The molecule has 1 aromatic carbocycles. The maximum absolute atomic E-state index is 12.0. The van der Waals surface area contributed by atoms with Crippen LogP contribution in [0.1, 0.15) is 48.0 Å². The highest BCUT2D eigenvalue weighted by Gasteiger charge is 2.54. The molecule has 0 bridgehead atoms. The minimum absolute atomic E-state index is 0.128. The fraction of sp³-hybridized carbons (Fsp3) is 0.368. The number of oxazole rings is 1. The van der Waals surface area contributed by atoms with Gasteiger partial charge in [-0.1, -0.05) is 11.6 Å². The predicted molar refractivity (Wildman–Crippen MR) is 92.6 cm³/mol. The van der Waals surface area contributed by atoms with Crippen molar-refractivity contribution in [2.45, 2.75) is 37.6 Å². The molecule has 3 aromatic rings. The lowest BCUT2D eigenvalue weighted by atomic mass is 9.50. The fourth-order valence-electron chi connectivity index (χ4n) is 4.34. The summed E-state index contributed by atoms with van der Waals surface area (Å²) in [5.74, 6) is 1.42. The molecule has 0 radical (unpaired) electrons. The van der Waals surface area contributed by atoms with Crippen LogP contribution in [0.3, 0.4) is 0 Å². The SMILES string of the molecule is O=C(NC1CC2(C1)CC(c1nc3cc(Cl)ccc3o1)C2)c1ccco1. The molecule has 0 unspecified atom stereocenters. The van der Waals surface area contributed by atoms with E-state index in [0.29, 0.717) is 22.1 Å². The van der Waals surface area contributed by atoms with Crippen molar-refractivity contribution in [3.8, 4) is 0 Å². The standard InChI is InChI=1S/C19H17ClN2O3/c20-12-3-4-15-14(6-12)22-18(25-15)11-7-19(8-11)9-13(10-19)21-17(23)16-2-1-5-24-16/h1-6,11,13H,7-10H2,(H,21,23). The molecular formula is C19H17ClN2O3. The van der Waals surface area contributed by atoms with Crippen LogP contribution in [0.4, 0.5) is 0 Å². The molecule has 25 heavy (non-hydrogen) atoms. The van der Waals surface area contributed by atoms with E-state index < -0.39 is 0 Å². The summed E-state index contributed by atoms with van der Waals surface area (Å²) in [7, 11) is 0. The van der Waals surface area contributed by atoms with Gasteiger partial charge in [-0.25, -0.2) is 4.98 Å². The van der Waals surface area contributed by atoms with E-state index >= 15 is 0 Å². The van der Waals surface area contributed by atoms with Crippen LogP contribution in [-0.2, 0) is 0 Å². The van der Waals surface area contributed by atoms with Gasteiger partial charge in [0, 0.05) is 17.0 Å². The van der Waals surface area contributed by atoms with Crippen molar-refractivity contribution < 1.29 is 13.6 Å². The number of benzene rings is 1. The summed E-state index contributed by atoms with van der Waals surface area (Å²) >= 11 is 6.00. The number of nitrogens with one attached hydrogen (secondary N) is 1. The van der Waals surface area contributed by atoms with Crippen LogP contribution in [0, 0.1) is 5.41 Å². The molecule has 2 aliphatic carbocycles. The topological polar surface area (TPSA) is 68.3 Å². The van der Waals surface area contributed by atoms with Crippen LogP contribution >= 0.6 is 11.6 Å². The summed E-state index contributed by atoms with van der Waals surface area (Å²) in [6.07, 6.45) is 5.69. The monoisotopic (exact) mass is 356 g/mol. The first-order valence-corrected chi connectivity index (χ1v) is 8.88. The Bertz CT molecular complexity index is 933. The van der Waals surface area contributed by atoms with Crippen LogP contribution in [-0.4, -0.2) is 16.9 Å². The number of halogens is 1. The molecule has 0 atom stereocenters. The number of fused-ring (bicyclic) bond motifs is 1. The summed E-state index contributed by atoms with van der Waals surface area (Å²) in [6.45, 7) is 0. The normalized spacial score (nSPS) is 27.9. The van der Waals surface area contributed by atoms with E-state index in [0.717, 1.165) is 42.7 Å². The first-order valence-electron chi connectivity index (χ1n) is 8.51. The first kappa shape index (κ1) is 15.0. The summed E-state index contributed by atoms with van der Waals surface area (Å²) in [4.78, 5) is 16.6. The Kier molecular flexibility index (Phi) is 3.22. The maximum Gasteiger partial charge on any atom is 0.287 e. The van der Waals surface area contributed by atoms with Crippen molar-refractivity contribution in [2.75, 3.05) is 0 Å². The number of carbonyl (C=O) groups excluding carboxylic acids is 1. The van der Waals surface area contributed by atoms with Crippen LogP contribution in [0.5, 0.6) is 0 Å². The molecule has 2 aromatic heterocycles. The quantitative estimate of drug-likeness (QED) is 0.748. The molecule has 1 amide bonds. The third kappa shape index (κ3) is 2.54. The average molecular weight is 357 g/mol. The molecule has 1 spiro atoms. The number of amides is 1. The van der Waals surface area contributed by atoms with Gasteiger partial charge in [0.05, 0.1) is 6.26 Å². The van der Waals surface area contributed by atoms with Crippen molar-refractivity contribution in [1.82, 2.24) is 10.3 Å². The third-order valence-corrected chi connectivity index (χ3v) is 5.75. The van der Waals surface area contributed by atoms with Gasteiger partial charge in [0.2, 0.25) is 0 Å². The number of hydrogen-bond donors (Lipinski definition) is 1. The van der Waals surface area contributed by atoms with Crippen LogP contribution in [0.15, 0.2) is 45.4 Å². The van der Waals surface area contributed by atoms with Crippen LogP contribution < -0.4 is 5.32 Å². The minimum Gasteiger partial charge on any atom is -0.459 e. The highest BCUT2D eigenvalue weighted by atomic mass is 35.5. The van der Waals surface area contributed by atoms with Gasteiger partial charge < -0.3 is 14.2 Å². The smallest absolute Gasteiger partial charge is 0.287 e. The van der Waals surface area contributed by atoms with Crippen LogP contribution in [0.2, 0.25) is 5.02 Å². The number of nitrogens with zero attached hydrogens (tertiary/aromatic N) is 1. The fourth-order valence-corrected chi connectivity index (χ4v) is 4.50. The van der Waals surface area contributed by atoms with Gasteiger partial charge in [-0.05, 0) is 61.4 Å². The molecule has 5 nitrogen and oxygen atoms in total. The Labute approximate surface area is 149 Å². The number of aromatic nitrogens is 1. The Balaban J connectivity index is 1.19. The van der Waals surface area contributed by atoms with Gasteiger partial charge in [0.25, 0.3) is 5.91 Å². The second kappa shape index (κ2) is 5.36. The van der Waals surface area contributed by atoms with E-state index in [9.17, 15) is 4.79 Å². The zero-order chi connectivity index (χ0) is 17.0. The minimum atomic E-state index is -0.128. The molecular weight excluding hydrogens is 340 g/mol. The largest absolute Gasteiger partial charge is 0.459 e. The molecule has 0 saturated heterocycles. The van der Waals surface area contributed by atoms with E-state index in [1.165, 1.54) is 6.26 Å². The van der Waals surface area contributed by atoms with E-state index in [4.69, 9.17) is 20.4 Å². The summed E-state index contributed by atoms with van der Waals surface area (Å²) in [6, 6.07) is 9.16.